The lowest BCUT2D eigenvalue weighted by Crippen LogP contribution is -2.33. The smallest absolute Gasteiger partial charge is 0.341 e. The molecule has 2 aromatic heterocycles. The van der Waals surface area contributed by atoms with Gasteiger partial charge < -0.3 is 24.8 Å². The van der Waals surface area contributed by atoms with Gasteiger partial charge in [0.2, 0.25) is 11.8 Å². The molecular weight excluding hydrogens is 548 g/mol. The van der Waals surface area contributed by atoms with Gasteiger partial charge in [0.05, 0.1) is 29.2 Å². The van der Waals surface area contributed by atoms with Crippen molar-refractivity contribution in [3.8, 4) is 23.3 Å². The van der Waals surface area contributed by atoms with Crippen LogP contribution in [0.4, 0.5) is 0 Å². The van der Waals surface area contributed by atoms with Gasteiger partial charge in [-0.3, -0.25) is 27.9 Å². The van der Waals surface area contributed by atoms with Gasteiger partial charge in [-0.2, -0.15) is 0 Å². The topological polar surface area (TPSA) is 150 Å². The second kappa shape index (κ2) is 10.4. The second-order valence-electron chi connectivity index (χ2n) is 8.04. The Kier molecular flexibility index (Phi) is 7.86. The molecule has 0 aliphatic carbocycles. The van der Waals surface area contributed by atoms with E-state index < -0.39 is 41.4 Å². The van der Waals surface area contributed by atoms with Gasteiger partial charge in [-0.05, 0) is 42.1 Å². The highest BCUT2D eigenvalue weighted by Crippen LogP contribution is 2.43. The third kappa shape index (κ3) is 4.74. The Morgan fingerprint density at radius 3 is 1.81 bits per heavy atom. The van der Waals surface area contributed by atoms with Gasteiger partial charge in [-0.1, -0.05) is 11.6 Å². The molecule has 0 fully saturated rings. The number of benzene rings is 1. The molecule has 0 amide bonds. The number of halogens is 1. The average Bonchev–Trinajstić information content (AvgIpc) is 2.86. The zero-order chi connectivity index (χ0) is 27.9. The summed E-state index contributed by atoms with van der Waals surface area (Å²) in [7, 11) is 6.93. The Hall–Kier alpha value is -3.62. The molecule has 0 radical (unpaired) electrons. The summed E-state index contributed by atoms with van der Waals surface area (Å²) in [6.07, 6.45) is 0. The summed E-state index contributed by atoms with van der Waals surface area (Å²) in [5.41, 5.74) is -1.92. The second-order valence-corrected chi connectivity index (χ2v) is 9.17. The molecule has 0 spiro atoms. The number of hydrogen-bond donors (Lipinski definition) is 3. The standard InChI is InChI=1S/C22H23ClN4O8S2/c1-24-17(30)14(18(31)25(2)21(24)36)13(15-19(32)26(3)22(37)27(4)20(15)33)9-6-10(23)16(11(7-9)34-5)35-8-12(28)29/h6-7,13,30,32H,8H2,1-5H3,(H,28,29). The number of methoxy groups -OCH3 is 1. The molecule has 1 aromatic carbocycles. The Bertz CT molecular complexity index is 1590. The van der Waals surface area contributed by atoms with Crippen molar-refractivity contribution >= 4 is 42.0 Å². The van der Waals surface area contributed by atoms with Crippen LogP contribution in [0, 0.1) is 9.54 Å². The minimum absolute atomic E-state index is 0.00150. The van der Waals surface area contributed by atoms with Crippen molar-refractivity contribution in [2.75, 3.05) is 13.7 Å². The largest absolute Gasteiger partial charge is 0.494 e. The zero-order valence-corrected chi connectivity index (χ0v) is 22.7. The summed E-state index contributed by atoms with van der Waals surface area (Å²) in [5, 5.41) is 31.0. The molecular formula is C22H23ClN4O8S2. The van der Waals surface area contributed by atoms with Crippen molar-refractivity contribution in [2.45, 2.75) is 5.92 Å². The van der Waals surface area contributed by atoms with Crippen molar-refractivity contribution in [3.05, 3.63) is 64.1 Å². The van der Waals surface area contributed by atoms with Gasteiger partial charge in [0.25, 0.3) is 11.1 Å². The number of ether oxygens (including phenoxy) is 2. The van der Waals surface area contributed by atoms with E-state index in [-0.39, 0.29) is 42.8 Å². The maximum Gasteiger partial charge on any atom is 0.341 e. The molecule has 0 aliphatic heterocycles. The summed E-state index contributed by atoms with van der Waals surface area (Å²) in [6.45, 7) is -0.715. The van der Waals surface area contributed by atoms with Gasteiger partial charge in [0.15, 0.2) is 27.6 Å². The first-order valence-corrected chi connectivity index (χ1v) is 11.6. The first kappa shape index (κ1) is 28.0. The lowest BCUT2D eigenvalue weighted by molar-refractivity contribution is -0.139. The average molecular weight is 571 g/mol. The number of aliphatic carboxylic acids is 1. The minimum Gasteiger partial charge on any atom is -0.494 e. The maximum absolute atomic E-state index is 13.4. The molecule has 0 bridgehead atoms. The molecule has 2 heterocycles. The summed E-state index contributed by atoms with van der Waals surface area (Å²) in [4.78, 5) is 37.9. The summed E-state index contributed by atoms with van der Waals surface area (Å²) in [6, 6.07) is 2.67. The third-order valence-corrected chi connectivity index (χ3v) is 7.21. The molecule has 0 unspecified atom stereocenters. The van der Waals surface area contributed by atoms with Crippen molar-refractivity contribution in [1.82, 2.24) is 18.3 Å². The highest BCUT2D eigenvalue weighted by Gasteiger charge is 2.33. The molecule has 198 valence electrons. The van der Waals surface area contributed by atoms with E-state index in [1.54, 1.807) is 0 Å². The van der Waals surface area contributed by atoms with E-state index in [2.05, 4.69) is 0 Å². The van der Waals surface area contributed by atoms with Crippen LogP contribution < -0.4 is 20.6 Å². The van der Waals surface area contributed by atoms with Gasteiger partial charge in [0, 0.05) is 28.2 Å². The van der Waals surface area contributed by atoms with Crippen LogP contribution in [0.15, 0.2) is 21.7 Å². The lowest BCUT2D eigenvalue weighted by Gasteiger charge is -2.24. The van der Waals surface area contributed by atoms with Crippen LogP contribution in [-0.4, -0.2) is 53.3 Å². The number of nitrogens with zero attached hydrogens (tertiary/aromatic N) is 4. The first-order chi connectivity index (χ1) is 17.2. The quantitative estimate of drug-likeness (QED) is 0.360. The molecule has 0 aliphatic rings. The highest BCUT2D eigenvalue weighted by molar-refractivity contribution is 7.71. The number of carbonyl (C=O) groups is 1. The van der Waals surface area contributed by atoms with Gasteiger partial charge in [-0.15, -0.1) is 0 Å². The van der Waals surface area contributed by atoms with E-state index in [4.69, 9.17) is 50.6 Å². The molecule has 3 N–H and O–H groups in total. The Labute approximate surface area is 224 Å². The zero-order valence-electron chi connectivity index (χ0n) is 20.3. The molecule has 37 heavy (non-hydrogen) atoms. The number of carboxylic acids is 1. The van der Waals surface area contributed by atoms with Gasteiger partial charge in [0.1, 0.15) is 0 Å². The normalized spacial score (nSPS) is 11.1. The Morgan fingerprint density at radius 2 is 1.41 bits per heavy atom. The maximum atomic E-state index is 13.4. The van der Waals surface area contributed by atoms with E-state index in [1.165, 1.54) is 56.6 Å². The Balaban J connectivity index is 2.54. The number of aromatic hydroxyl groups is 2. The minimum atomic E-state index is -1.40. The monoisotopic (exact) mass is 570 g/mol. The van der Waals surface area contributed by atoms with Gasteiger partial charge in [-0.25, -0.2) is 4.79 Å². The van der Waals surface area contributed by atoms with Gasteiger partial charge >= 0.3 is 5.97 Å². The van der Waals surface area contributed by atoms with E-state index in [1.807, 2.05) is 0 Å². The van der Waals surface area contributed by atoms with Crippen LogP contribution in [0.1, 0.15) is 22.6 Å². The molecule has 12 nitrogen and oxygen atoms in total. The van der Waals surface area contributed by atoms with E-state index in [0.717, 1.165) is 9.13 Å². The van der Waals surface area contributed by atoms with Crippen molar-refractivity contribution < 1.29 is 29.6 Å². The molecule has 3 rings (SSSR count). The van der Waals surface area contributed by atoms with Crippen molar-refractivity contribution in [2.24, 2.45) is 28.2 Å². The molecule has 0 saturated carbocycles. The van der Waals surface area contributed by atoms with Crippen molar-refractivity contribution in [1.29, 1.82) is 0 Å². The fraction of sp³-hybridized carbons (Fsp3) is 0.318. The predicted octanol–water partition coefficient (Wildman–Crippen LogP) is 1.94. The first-order valence-electron chi connectivity index (χ1n) is 10.4. The molecule has 0 saturated heterocycles. The fourth-order valence-corrected chi connectivity index (χ4v) is 4.49. The fourth-order valence-electron chi connectivity index (χ4n) is 3.88. The van der Waals surface area contributed by atoms with Crippen LogP contribution in [-0.2, 0) is 33.0 Å². The van der Waals surface area contributed by atoms with E-state index in [9.17, 15) is 24.6 Å². The van der Waals surface area contributed by atoms with E-state index in [0.29, 0.717) is 0 Å². The van der Waals surface area contributed by atoms with Crippen LogP contribution in [0.2, 0.25) is 5.02 Å². The van der Waals surface area contributed by atoms with Crippen LogP contribution in [0.5, 0.6) is 23.3 Å². The highest BCUT2D eigenvalue weighted by atomic mass is 35.5. The number of rotatable bonds is 7. The van der Waals surface area contributed by atoms with Crippen LogP contribution in [0.25, 0.3) is 0 Å². The third-order valence-electron chi connectivity index (χ3n) is 5.84. The molecule has 0 atom stereocenters. The number of hydrogen-bond acceptors (Lipinski definition) is 9. The lowest BCUT2D eigenvalue weighted by atomic mass is 9.86. The SMILES string of the molecule is COc1cc(C(c2c(O)n(C)c(=S)n(C)c2=O)c2c(O)n(C)c(=S)n(C)c2=O)cc(Cl)c1OCC(=O)O. The summed E-state index contributed by atoms with van der Waals surface area (Å²) >= 11 is 16.8. The molecule has 3 aromatic rings. The predicted molar refractivity (Wildman–Crippen MR) is 138 cm³/mol. The van der Waals surface area contributed by atoms with Crippen molar-refractivity contribution in [3.63, 3.8) is 0 Å². The van der Waals surface area contributed by atoms with Crippen LogP contribution >= 0.6 is 36.0 Å². The summed E-state index contributed by atoms with van der Waals surface area (Å²) in [5.74, 6) is -3.87. The number of aromatic nitrogens is 4. The number of carboxylic acid groups (broad SMARTS) is 1. The van der Waals surface area contributed by atoms with Crippen LogP contribution in [0.3, 0.4) is 0 Å². The van der Waals surface area contributed by atoms with E-state index >= 15 is 0 Å². The Morgan fingerprint density at radius 1 is 0.946 bits per heavy atom. The summed E-state index contributed by atoms with van der Waals surface area (Å²) < 4.78 is 15.1. The molecule has 15 heteroatoms.